The van der Waals surface area contributed by atoms with Gasteiger partial charge in [-0.1, -0.05) is 25.0 Å². The third-order valence-corrected chi connectivity index (χ3v) is 5.31. The molecule has 1 heterocycles. The molecule has 1 unspecified atom stereocenters. The third-order valence-electron chi connectivity index (χ3n) is 4.15. The largest absolute Gasteiger partial charge is 0.310 e. The van der Waals surface area contributed by atoms with Gasteiger partial charge in [0.1, 0.15) is 5.82 Å². The molecule has 18 heavy (non-hydrogen) atoms. The summed E-state index contributed by atoms with van der Waals surface area (Å²) < 4.78 is 13.7. The molecule has 1 aromatic rings. The monoisotopic (exact) mass is 265 g/mol. The number of hydrogen-bond acceptors (Lipinski definition) is 2. The minimum Gasteiger partial charge on any atom is -0.310 e. The molecule has 2 aliphatic rings. The third kappa shape index (κ3) is 2.57. The lowest BCUT2D eigenvalue weighted by atomic mass is 10.0. The fourth-order valence-corrected chi connectivity index (χ4v) is 4.26. The highest BCUT2D eigenvalue weighted by Crippen LogP contribution is 2.38. The van der Waals surface area contributed by atoms with Gasteiger partial charge in [0.25, 0.3) is 0 Å². The summed E-state index contributed by atoms with van der Waals surface area (Å²) in [5, 5.41) is 3.67. The molecular formula is C15H20FNS. The smallest absolute Gasteiger partial charge is 0.137 e. The molecule has 0 aromatic heterocycles. The van der Waals surface area contributed by atoms with Crippen LogP contribution in [0, 0.1) is 11.7 Å². The molecule has 1 atom stereocenters. The van der Waals surface area contributed by atoms with Crippen molar-refractivity contribution in [3.8, 4) is 0 Å². The fourth-order valence-electron chi connectivity index (χ4n) is 3.12. The van der Waals surface area contributed by atoms with Crippen LogP contribution in [0.4, 0.5) is 4.39 Å². The van der Waals surface area contributed by atoms with Gasteiger partial charge in [0, 0.05) is 10.9 Å². The highest BCUT2D eigenvalue weighted by Gasteiger charge is 2.24. The van der Waals surface area contributed by atoms with Crippen LogP contribution >= 0.6 is 11.8 Å². The van der Waals surface area contributed by atoms with Gasteiger partial charge in [-0.15, -0.1) is 11.8 Å². The maximum absolute atomic E-state index is 13.7. The van der Waals surface area contributed by atoms with Crippen LogP contribution in [-0.4, -0.2) is 12.3 Å². The van der Waals surface area contributed by atoms with Gasteiger partial charge in [-0.25, -0.2) is 4.39 Å². The van der Waals surface area contributed by atoms with Crippen molar-refractivity contribution in [3.05, 3.63) is 29.6 Å². The fraction of sp³-hybridized carbons (Fsp3) is 0.600. The Bertz CT molecular complexity index is 415. The van der Waals surface area contributed by atoms with E-state index < -0.39 is 0 Å². The molecule has 3 heteroatoms. The maximum atomic E-state index is 13.7. The molecule has 0 amide bonds. The molecule has 0 bridgehead atoms. The first-order valence-electron chi connectivity index (χ1n) is 6.99. The molecule has 1 fully saturated rings. The first kappa shape index (κ1) is 12.5. The van der Waals surface area contributed by atoms with E-state index in [1.165, 1.54) is 31.2 Å². The Morgan fingerprint density at radius 2 is 2.06 bits per heavy atom. The number of benzene rings is 1. The summed E-state index contributed by atoms with van der Waals surface area (Å²) in [5.41, 5.74) is 1.17. The van der Waals surface area contributed by atoms with Crippen molar-refractivity contribution in [1.29, 1.82) is 0 Å². The molecule has 1 nitrogen and oxygen atoms in total. The van der Waals surface area contributed by atoms with Crippen LogP contribution < -0.4 is 5.32 Å². The van der Waals surface area contributed by atoms with E-state index in [1.807, 2.05) is 6.07 Å². The van der Waals surface area contributed by atoms with Gasteiger partial charge in [0.05, 0.1) is 0 Å². The van der Waals surface area contributed by atoms with Gasteiger partial charge in [-0.05, 0) is 49.1 Å². The highest BCUT2D eigenvalue weighted by atomic mass is 32.2. The summed E-state index contributed by atoms with van der Waals surface area (Å²) in [6, 6.07) is 5.85. The zero-order chi connectivity index (χ0) is 12.4. The zero-order valence-electron chi connectivity index (χ0n) is 10.6. The average Bonchev–Trinajstić information content (AvgIpc) is 2.90. The molecular weight excluding hydrogens is 245 g/mol. The minimum atomic E-state index is -0.0510. The minimum absolute atomic E-state index is 0.0510. The standard InChI is InChI=1S/C15H20FNS/c16-13-7-3-6-12-14(8-9-18-15(12)13)17-10-11-4-1-2-5-11/h3,6-7,11,14,17H,1-2,4-5,8-10H2. The Kier molecular flexibility index (Phi) is 3.90. The van der Waals surface area contributed by atoms with Crippen molar-refractivity contribution in [3.63, 3.8) is 0 Å². The quantitative estimate of drug-likeness (QED) is 0.881. The Labute approximate surface area is 113 Å². The van der Waals surface area contributed by atoms with E-state index in [0.717, 1.165) is 29.5 Å². The van der Waals surface area contributed by atoms with Crippen molar-refractivity contribution >= 4 is 11.8 Å². The second kappa shape index (κ2) is 5.62. The van der Waals surface area contributed by atoms with Crippen LogP contribution in [0.2, 0.25) is 0 Å². The van der Waals surface area contributed by atoms with Crippen LogP contribution in [-0.2, 0) is 0 Å². The summed E-state index contributed by atoms with van der Waals surface area (Å²) in [4.78, 5) is 0.868. The number of hydrogen-bond donors (Lipinski definition) is 1. The lowest BCUT2D eigenvalue weighted by molar-refractivity contribution is 0.423. The Morgan fingerprint density at radius 3 is 2.89 bits per heavy atom. The zero-order valence-corrected chi connectivity index (χ0v) is 11.4. The van der Waals surface area contributed by atoms with E-state index in [2.05, 4.69) is 11.4 Å². The van der Waals surface area contributed by atoms with Crippen LogP contribution in [0.3, 0.4) is 0 Å². The molecule has 1 aromatic carbocycles. The first-order chi connectivity index (χ1) is 8.84. The predicted molar refractivity (Wildman–Crippen MR) is 74.4 cm³/mol. The molecule has 1 aliphatic heterocycles. The van der Waals surface area contributed by atoms with Crippen LogP contribution in [0.1, 0.15) is 43.7 Å². The molecule has 1 aliphatic carbocycles. The second-order valence-corrected chi connectivity index (χ2v) is 6.51. The van der Waals surface area contributed by atoms with Crippen LogP contribution in [0.15, 0.2) is 23.1 Å². The topological polar surface area (TPSA) is 12.0 Å². The molecule has 0 spiro atoms. The van der Waals surface area contributed by atoms with E-state index in [0.29, 0.717) is 6.04 Å². The molecule has 1 N–H and O–H groups in total. The number of halogens is 1. The molecule has 3 rings (SSSR count). The van der Waals surface area contributed by atoms with Gasteiger partial charge < -0.3 is 5.32 Å². The number of rotatable bonds is 3. The van der Waals surface area contributed by atoms with Crippen molar-refractivity contribution in [2.45, 2.75) is 43.0 Å². The first-order valence-corrected chi connectivity index (χ1v) is 7.98. The lowest BCUT2D eigenvalue weighted by Gasteiger charge is -2.27. The maximum Gasteiger partial charge on any atom is 0.137 e. The normalized spacial score (nSPS) is 24.2. The van der Waals surface area contributed by atoms with Crippen molar-refractivity contribution < 1.29 is 4.39 Å². The van der Waals surface area contributed by atoms with Crippen molar-refractivity contribution in [2.75, 3.05) is 12.3 Å². The second-order valence-electron chi connectivity index (χ2n) is 5.41. The number of nitrogens with one attached hydrogen (secondary N) is 1. The highest BCUT2D eigenvalue weighted by molar-refractivity contribution is 7.99. The van der Waals surface area contributed by atoms with Crippen LogP contribution in [0.5, 0.6) is 0 Å². The van der Waals surface area contributed by atoms with Gasteiger partial charge in [0.2, 0.25) is 0 Å². The van der Waals surface area contributed by atoms with Gasteiger partial charge in [0.15, 0.2) is 0 Å². The predicted octanol–water partition coefficient (Wildman–Crippen LogP) is 4.14. The molecule has 1 saturated carbocycles. The molecule has 0 radical (unpaired) electrons. The van der Waals surface area contributed by atoms with E-state index >= 15 is 0 Å². The number of thioether (sulfide) groups is 1. The Hall–Kier alpha value is -0.540. The lowest BCUT2D eigenvalue weighted by Crippen LogP contribution is -2.29. The summed E-state index contributed by atoms with van der Waals surface area (Å²) in [7, 11) is 0. The van der Waals surface area contributed by atoms with E-state index in [4.69, 9.17) is 0 Å². The van der Waals surface area contributed by atoms with Gasteiger partial charge in [-0.3, -0.25) is 0 Å². The Balaban J connectivity index is 1.69. The van der Waals surface area contributed by atoms with E-state index in [1.54, 1.807) is 17.8 Å². The Morgan fingerprint density at radius 1 is 1.22 bits per heavy atom. The molecule has 98 valence electrons. The summed E-state index contributed by atoms with van der Waals surface area (Å²) >= 11 is 1.66. The van der Waals surface area contributed by atoms with Crippen molar-refractivity contribution in [2.24, 2.45) is 5.92 Å². The van der Waals surface area contributed by atoms with Gasteiger partial charge in [-0.2, -0.15) is 0 Å². The SMILES string of the molecule is Fc1cccc2c1SCCC2NCC1CCCC1. The van der Waals surface area contributed by atoms with E-state index in [9.17, 15) is 4.39 Å². The van der Waals surface area contributed by atoms with E-state index in [-0.39, 0.29) is 5.82 Å². The van der Waals surface area contributed by atoms with Gasteiger partial charge >= 0.3 is 0 Å². The summed E-state index contributed by atoms with van der Waals surface area (Å²) in [6.45, 7) is 1.10. The number of fused-ring (bicyclic) bond motifs is 1. The summed E-state index contributed by atoms with van der Waals surface area (Å²) in [6.07, 6.45) is 6.62. The summed E-state index contributed by atoms with van der Waals surface area (Å²) in [5.74, 6) is 1.82. The average molecular weight is 265 g/mol. The van der Waals surface area contributed by atoms with Crippen molar-refractivity contribution in [1.82, 2.24) is 5.32 Å². The van der Waals surface area contributed by atoms with Crippen LogP contribution in [0.25, 0.3) is 0 Å². The molecule has 0 saturated heterocycles.